The Balaban J connectivity index is 2.19. The molecule has 0 N–H and O–H groups in total. The van der Waals surface area contributed by atoms with Crippen LogP contribution in [0.2, 0.25) is 0 Å². The maximum atomic E-state index is 13.4. The van der Waals surface area contributed by atoms with Crippen molar-refractivity contribution in [3.05, 3.63) is 51.7 Å². The van der Waals surface area contributed by atoms with Crippen molar-refractivity contribution in [3.63, 3.8) is 0 Å². The van der Waals surface area contributed by atoms with E-state index in [1.165, 1.54) is 7.11 Å². The van der Waals surface area contributed by atoms with Gasteiger partial charge in [-0.2, -0.15) is 0 Å². The van der Waals surface area contributed by atoms with Gasteiger partial charge in [0.15, 0.2) is 23.9 Å². The fourth-order valence-corrected chi connectivity index (χ4v) is 3.53. The largest absolute Gasteiger partial charge is 0.493 e. The summed E-state index contributed by atoms with van der Waals surface area (Å²) >= 11 is 0. The first-order valence-electron chi connectivity index (χ1n) is 10.6. The topological polar surface area (TPSA) is 78.2 Å². The van der Waals surface area contributed by atoms with Crippen LogP contribution in [0.3, 0.4) is 0 Å². The van der Waals surface area contributed by atoms with Crippen LogP contribution >= 0.6 is 0 Å². The van der Waals surface area contributed by atoms with Gasteiger partial charge in [0.05, 0.1) is 19.6 Å². The molecule has 3 aromatic rings. The van der Waals surface area contributed by atoms with Crippen molar-refractivity contribution in [2.24, 2.45) is 0 Å². The van der Waals surface area contributed by atoms with Gasteiger partial charge >= 0.3 is 0 Å². The van der Waals surface area contributed by atoms with Crippen LogP contribution in [0.5, 0.6) is 17.2 Å². The summed E-state index contributed by atoms with van der Waals surface area (Å²) in [6.07, 6.45) is 0. The second-order valence-electron chi connectivity index (χ2n) is 7.45. The predicted molar refractivity (Wildman–Crippen MR) is 124 cm³/mol. The Morgan fingerprint density at radius 3 is 2.25 bits per heavy atom. The summed E-state index contributed by atoms with van der Waals surface area (Å²) in [6, 6.07) is 8.81. The van der Waals surface area contributed by atoms with E-state index in [2.05, 4.69) is 0 Å². The van der Waals surface area contributed by atoms with Crippen LogP contribution in [0.15, 0.2) is 39.5 Å². The number of hydrogen-bond acceptors (Lipinski definition) is 6. The van der Waals surface area contributed by atoms with Gasteiger partial charge < -0.3 is 23.5 Å². The van der Waals surface area contributed by atoms with Crippen molar-refractivity contribution in [1.82, 2.24) is 4.90 Å². The molecular formula is C25H29NO6. The zero-order valence-electron chi connectivity index (χ0n) is 19.4. The zero-order valence-corrected chi connectivity index (χ0v) is 19.4. The first-order valence-corrected chi connectivity index (χ1v) is 10.6. The summed E-state index contributed by atoms with van der Waals surface area (Å²) in [5, 5.41) is 0.405. The molecule has 0 radical (unpaired) electrons. The molecule has 32 heavy (non-hydrogen) atoms. The first kappa shape index (κ1) is 23.2. The number of nitrogens with zero attached hydrogens (tertiary/aromatic N) is 1. The standard InChI is InChI=1S/C25H29NO6/c1-7-26(8-2)22(27)14-31-25-23(28)18-11-15(3)16(4)12-20(18)32-24(25)17-9-10-19(29-5)21(13-17)30-6/h9-13H,7-8,14H2,1-6H3. The number of carbonyl (C=O) groups excluding carboxylic acids is 1. The third-order valence-electron chi connectivity index (χ3n) is 5.57. The molecule has 7 nitrogen and oxygen atoms in total. The number of benzene rings is 2. The molecule has 1 amide bonds. The minimum absolute atomic E-state index is 0.00604. The number of likely N-dealkylation sites (N-methyl/N-ethyl adjacent to an activating group) is 1. The number of rotatable bonds is 8. The Kier molecular flexibility index (Phi) is 7.08. The number of carbonyl (C=O) groups is 1. The van der Waals surface area contributed by atoms with E-state index < -0.39 is 0 Å². The van der Waals surface area contributed by atoms with Crippen molar-refractivity contribution < 1.29 is 23.4 Å². The summed E-state index contributed by atoms with van der Waals surface area (Å²) in [6.45, 7) is 8.54. The molecule has 0 saturated heterocycles. The summed E-state index contributed by atoms with van der Waals surface area (Å²) in [5.41, 5.74) is 2.67. The Morgan fingerprint density at radius 2 is 1.62 bits per heavy atom. The molecular weight excluding hydrogens is 410 g/mol. The molecule has 0 spiro atoms. The van der Waals surface area contributed by atoms with E-state index in [9.17, 15) is 9.59 Å². The molecule has 3 rings (SSSR count). The molecule has 0 bridgehead atoms. The van der Waals surface area contributed by atoms with E-state index in [0.29, 0.717) is 41.1 Å². The van der Waals surface area contributed by atoms with Crippen LogP contribution in [-0.2, 0) is 4.79 Å². The van der Waals surface area contributed by atoms with E-state index in [0.717, 1.165) is 11.1 Å². The number of fused-ring (bicyclic) bond motifs is 1. The summed E-state index contributed by atoms with van der Waals surface area (Å²) in [5.74, 6) is 1.06. The lowest BCUT2D eigenvalue weighted by Crippen LogP contribution is -2.35. The van der Waals surface area contributed by atoms with Gasteiger partial charge in [0.1, 0.15) is 5.58 Å². The van der Waals surface area contributed by atoms with Crippen LogP contribution in [-0.4, -0.2) is 44.7 Å². The van der Waals surface area contributed by atoms with Crippen molar-refractivity contribution in [1.29, 1.82) is 0 Å². The number of hydrogen-bond donors (Lipinski definition) is 0. The van der Waals surface area contributed by atoms with E-state index >= 15 is 0 Å². The van der Waals surface area contributed by atoms with Crippen LogP contribution in [0.25, 0.3) is 22.3 Å². The van der Waals surface area contributed by atoms with E-state index in [1.807, 2.05) is 33.8 Å². The molecule has 170 valence electrons. The van der Waals surface area contributed by atoms with Crippen molar-refractivity contribution in [2.75, 3.05) is 33.9 Å². The quantitative estimate of drug-likeness (QED) is 0.520. The normalized spacial score (nSPS) is 10.8. The number of amides is 1. The lowest BCUT2D eigenvalue weighted by Gasteiger charge is -2.19. The molecule has 0 aliphatic rings. The highest BCUT2D eigenvalue weighted by molar-refractivity contribution is 5.84. The number of aryl methyl sites for hydroxylation is 2. The van der Waals surface area contributed by atoms with Gasteiger partial charge in [-0.1, -0.05) is 0 Å². The number of methoxy groups -OCH3 is 2. The van der Waals surface area contributed by atoms with E-state index in [1.54, 1.807) is 36.3 Å². The highest BCUT2D eigenvalue weighted by Crippen LogP contribution is 2.37. The highest BCUT2D eigenvalue weighted by atomic mass is 16.5. The molecule has 2 aromatic carbocycles. The minimum atomic E-state index is -0.327. The average Bonchev–Trinajstić information content (AvgIpc) is 2.80. The fourth-order valence-electron chi connectivity index (χ4n) is 3.53. The van der Waals surface area contributed by atoms with Gasteiger partial charge in [0.25, 0.3) is 5.91 Å². The summed E-state index contributed by atoms with van der Waals surface area (Å²) in [4.78, 5) is 27.6. The zero-order chi connectivity index (χ0) is 23.4. The van der Waals surface area contributed by atoms with Gasteiger partial charge in [0.2, 0.25) is 11.2 Å². The molecule has 0 unspecified atom stereocenters. The van der Waals surface area contributed by atoms with Crippen molar-refractivity contribution in [2.45, 2.75) is 27.7 Å². The van der Waals surface area contributed by atoms with Gasteiger partial charge in [-0.15, -0.1) is 0 Å². The molecule has 1 heterocycles. The third kappa shape index (κ3) is 4.42. The Morgan fingerprint density at radius 1 is 0.969 bits per heavy atom. The molecule has 0 aliphatic heterocycles. The van der Waals surface area contributed by atoms with Crippen LogP contribution in [0, 0.1) is 13.8 Å². The van der Waals surface area contributed by atoms with Gasteiger partial charge in [0, 0.05) is 18.7 Å². The van der Waals surface area contributed by atoms with Crippen LogP contribution in [0.1, 0.15) is 25.0 Å². The molecule has 0 atom stereocenters. The molecule has 0 aliphatic carbocycles. The van der Waals surface area contributed by atoms with Crippen molar-refractivity contribution >= 4 is 16.9 Å². The van der Waals surface area contributed by atoms with Crippen LogP contribution < -0.4 is 19.6 Å². The third-order valence-corrected chi connectivity index (χ3v) is 5.57. The predicted octanol–water partition coefficient (Wildman–Crippen LogP) is 4.34. The fraction of sp³-hybridized carbons (Fsp3) is 0.360. The molecule has 1 aromatic heterocycles. The molecule has 7 heteroatoms. The smallest absolute Gasteiger partial charge is 0.260 e. The lowest BCUT2D eigenvalue weighted by atomic mass is 10.0. The van der Waals surface area contributed by atoms with Gasteiger partial charge in [-0.25, -0.2) is 0 Å². The summed E-state index contributed by atoms with van der Waals surface area (Å²) < 4.78 is 22.7. The van der Waals surface area contributed by atoms with Crippen LogP contribution in [0.4, 0.5) is 0 Å². The second-order valence-corrected chi connectivity index (χ2v) is 7.45. The van der Waals surface area contributed by atoms with Gasteiger partial charge in [-0.05, 0) is 69.2 Å². The van der Waals surface area contributed by atoms with E-state index in [-0.39, 0.29) is 29.5 Å². The summed E-state index contributed by atoms with van der Waals surface area (Å²) in [7, 11) is 3.08. The SMILES string of the molecule is CCN(CC)C(=O)COc1c(-c2ccc(OC)c(OC)c2)oc2cc(C)c(C)cc2c1=O. The maximum Gasteiger partial charge on any atom is 0.260 e. The number of ether oxygens (including phenoxy) is 3. The highest BCUT2D eigenvalue weighted by Gasteiger charge is 2.21. The van der Waals surface area contributed by atoms with E-state index in [4.69, 9.17) is 18.6 Å². The average molecular weight is 440 g/mol. The molecule has 0 saturated carbocycles. The first-order chi connectivity index (χ1) is 15.3. The minimum Gasteiger partial charge on any atom is -0.493 e. The maximum absolute atomic E-state index is 13.4. The Hall–Kier alpha value is -3.48. The molecule has 0 fully saturated rings. The Bertz CT molecular complexity index is 1190. The monoisotopic (exact) mass is 439 g/mol. The van der Waals surface area contributed by atoms with Gasteiger partial charge in [-0.3, -0.25) is 9.59 Å². The van der Waals surface area contributed by atoms with Crippen molar-refractivity contribution in [3.8, 4) is 28.6 Å². The lowest BCUT2D eigenvalue weighted by molar-refractivity contribution is -0.132. The Labute approximate surface area is 187 Å². The second kappa shape index (κ2) is 9.77.